The van der Waals surface area contributed by atoms with E-state index in [-0.39, 0.29) is 0 Å². The van der Waals surface area contributed by atoms with Gasteiger partial charge in [-0.3, -0.25) is 0 Å². The summed E-state index contributed by atoms with van der Waals surface area (Å²) >= 11 is 0. The van der Waals surface area contributed by atoms with Crippen molar-refractivity contribution in [1.29, 1.82) is 0 Å². The Bertz CT molecular complexity index is 1290. The molecule has 0 unspecified atom stereocenters. The van der Waals surface area contributed by atoms with Crippen LogP contribution in [0.4, 0.5) is 0 Å². The summed E-state index contributed by atoms with van der Waals surface area (Å²) in [5, 5.41) is 7.85. The van der Waals surface area contributed by atoms with E-state index < -0.39 is 0 Å². The molecule has 0 heteroatoms. The maximum absolute atomic E-state index is 2.27. The molecule has 0 N–H and O–H groups in total. The molecule has 0 aliphatic heterocycles. The van der Waals surface area contributed by atoms with Gasteiger partial charge >= 0.3 is 0 Å². The standard InChI is InChI=1S/C18H12.C12H8/c1-2-6-14-10-18-12-16-8-4-3-7-15(16)11-17(18)9-13(14)5-1;1-2-6-10-9(5-1)11-7-3-4-8-12(10)11/h1-12H;1-8H. The largest absolute Gasteiger partial charge is 0.0616 e. The Morgan fingerprint density at radius 3 is 0.733 bits per heavy atom. The van der Waals surface area contributed by atoms with Crippen molar-refractivity contribution in [3.05, 3.63) is 121 Å². The second-order valence-electron chi connectivity index (χ2n) is 7.84. The Morgan fingerprint density at radius 2 is 0.467 bits per heavy atom. The maximum Gasteiger partial charge on any atom is -0.00990 e. The molecule has 1 aliphatic carbocycles. The SMILES string of the molecule is c1ccc2c(c1)-c1ccccc1-2.c1ccc2cc3cc4ccccc4cc3cc2c1. The Morgan fingerprint density at radius 1 is 0.233 bits per heavy atom. The molecule has 6 aromatic carbocycles. The maximum atomic E-state index is 2.27. The molecule has 7 rings (SSSR count). The van der Waals surface area contributed by atoms with Crippen LogP contribution in [-0.4, -0.2) is 0 Å². The highest BCUT2D eigenvalue weighted by Gasteiger charge is 2.19. The lowest BCUT2D eigenvalue weighted by molar-refractivity contribution is 1.52. The average Bonchev–Trinajstić information content (AvgIpc) is 2.80. The molecule has 0 heterocycles. The van der Waals surface area contributed by atoms with E-state index >= 15 is 0 Å². The van der Waals surface area contributed by atoms with Crippen LogP contribution in [-0.2, 0) is 0 Å². The molecule has 0 aromatic heterocycles. The molecule has 0 saturated heterocycles. The number of hydrogen-bond acceptors (Lipinski definition) is 0. The van der Waals surface area contributed by atoms with E-state index in [1.54, 1.807) is 0 Å². The lowest BCUT2D eigenvalue weighted by Gasteiger charge is -2.22. The van der Waals surface area contributed by atoms with Gasteiger partial charge in [0.1, 0.15) is 0 Å². The van der Waals surface area contributed by atoms with Crippen LogP contribution in [0.2, 0.25) is 0 Å². The number of rotatable bonds is 0. The predicted molar refractivity (Wildman–Crippen MR) is 130 cm³/mol. The Labute approximate surface area is 176 Å². The van der Waals surface area contributed by atoms with Crippen LogP contribution in [0.25, 0.3) is 54.6 Å². The lowest BCUT2D eigenvalue weighted by atomic mass is 9.81. The summed E-state index contributed by atoms with van der Waals surface area (Å²) < 4.78 is 0. The van der Waals surface area contributed by atoms with Gasteiger partial charge in [0, 0.05) is 0 Å². The molecular formula is C30H20. The fourth-order valence-electron chi connectivity index (χ4n) is 4.48. The fourth-order valence-corrected chi connectivity index (χ4v) is 4.48. The molecule has 0 atom stereocenters. The van der Waals surface area contributed by atoms with Gasteiger partial charge in [-0.15, -0.1) is 0 Å². The van der Waals surface area contributed by atoms with Crippen molar-refractivity contribution in [2.24, 2.45) is 0 Å². The van der Waals surface area contributed by atoms with Gasteiger partial charge in [0.25, 0.3) is 0 Å². The highest BCUT2D eigenvalue weighted by atomic mass is 14.2. The normalized spacial score (nSPS) is 11.3. The summed E-state index contributed by atoms with van der Waals surface area (Å²) in [6.07, 6.45) is 0. The fraction of sp³-hybridized carbons (Fsp3) is 0. The molecule has 0 radical (unpaired) electrons. The van der Waals surface area contributed by atoms with Crippen LogP contribution in [0.15, 0.2) is 121 Å². The quantitative estimate of drug-likeness (QED) is 0.231. The topological polar surface area (TPSA) is 0 Å². The van der Waals surface area contributed by atoms with E-state index in [0.717, 1.165) is 0 Å². The zero-order valence-electron chi connectivity index (χ0n) is 16.5. The van der Waals surface area contributed by atoms with Crippen LogP contribution in [0.5, 0.6) is 0 Å². The van der Waals surface area contributed by atoms with Crippen molar-refractivity contribution in [2.45, 2.75) is 0 Å². The van der Waals surface area contributed by atoms with E-state index in [9.17, 15) is 0 Å². The molecule has 0 spiro atoms. The van der Waals surface area contributed by atoms with E-state index in [4.69, 9.17) is 0 Å². The third kappa shape index (κ3) is 2.77. The molecule has 0 amide bonds. The van der Waals surface area contributed by atoms with Gasteiger partial charge in [0.15, 0.2) is 0 Å². The van der Waals surface area contributed by atoms with Crippen LogP contribution in [0.3, 0.4) is 0 Å². The van der Waals surface area contributed by atoms with Gasteiger partial charge in [-0.2, -0.15) is 0 Å². The first-order chi connectivity index (χ1) is 14.9. The Hall–Kier alpha value is -3.90. The van der Waals surface area contributed by atoms with Crippen LogP contribution >= 0.6 is 0 Å². The minimum atomic E-state index is 1.31. The minimum Gasteiger partial charge on any atom is -0.0616 e. The molecule has 0 saturated carbocycles. The lowest BCUT2D eigenvalue weighted by Crippen LogP contribution is -1.96. The van der Waals surface area contributed by atoms with E-state index in [2.05, 4.69) is 121 Å². The van der Waals surface area contributed by atoms with Gasteiger partial charge in [-0.1, -0.05) is 97.1 Å². The first-order valence-electron chi connectivity index (χ1n) is 10.4. The highest BCUT2D eigenvalue weighted by molar-refractivity contribution is 6.04. The van der Waals surface area contributed by atoms with E-state index in [1.165, 1.54) is 54.6 Å². The third-order valence-corrected chi connectivity index (χ3v) is 6.00. The van der Waals surface area contributed by atoms with Crippen molar-refractivity contribution < 1.29 is 0 Å². The van der Waals surface area contributed by atoms with Gasteiger partial charge in [0.2, 0.25) is 0 Å². The third-order valence-electron chi connectivity index (χ3n) is 6.00. The summed E-state index contributed by atoms with van der Waals surface area (Å²) in [6, 6.07) is 43.2. The summed E-state index contributed by atoms with van der Waals surface area (Å²) in [5.41, 5.74) is 5.59. The molecule has 6 aromatic rings. The zero-order chi connectivity index (χ0) is 19.9. The Balaban J connectivity index is 0.000000126. The first kappa shape index (κ1) is 17.0. The second kappa shape index (κ2) is 6.86. The monoisotopic (exact) mass is 380 g/mol. The average molecular weight is 380 g/mol. The number of fused-ring (bicyclic) bond motifs is 7. The first-order valence-corrected chi connectivity index (χ1v) is 10.4. The second-order valence-corrected chi connectivity index (χ2v) is 7.84. The number of benzene rings is 6. The van der Waals surface area contributed by atoms with Gasteiger partial charge in [0.05, 0.1) is 0 Å². The van der Waals surface area contributed by atoms with Crippen LogP contribution in [0, 0.1) is 0 Å². The molecule has 30 heavy (non-hydrogen) atoms. The molecule has 0 fully saturated rings. The van der Waals surface area contributed by atoms with E-state index in [0.29, 0.717) is 0 Å². The van der Waals surface area contributed by atoms with Gasteiger partial charge in [-0.25, -0.2) is 0 Å². The van der Waals surface area contributed by atoms with Gasteiger partial charge in [-0.05, 0) is 78.8 Å². The summed E-state index contributed by atoms with van der Waals surface area (Å²) in [7, 11) is 0. The summed E-state index contributed by atoms with van der Waals surface area (Å²) in [5.74, 6) is 0. The smallest absolute Gasteiger partial charge is 0.00990 e. The van der Waals surface area contributed by atoms with Crippen molar-refractivity contribution in [3.63, 3.8) is 0 Å². The molecular weight excluding hydrogens is 360 g/mol. The molecule has 1 aliphatic rings. The highest BCUT2D eigenvalue weighted by Crippen LogP contribution is 2.46. The number of hydrogen-bond donors (Lipinski definition) is 0. The summed E-state index contributed by atoms with van der Waals surface area (Å²) in [6.45, 7) is 0. The minimum absolute atomic E-state index is 1.31. The molecule has 140 valence electrons. The zero-order valence-corrected chi connectivity index (χ0v) is 16.5. The molecule has 0 nitrogen and oxygen atoms in total. The molecule has 0 bridgehead atoms. The van der Waals surface area contributed by atoms with Crippen LogP contribution in [0.1, 0.15) is 0 Å². The van der Waals surface area contributed by atoms with Crippen molar-refractivity contribution >= 4 is 32.3 Å². The van der Waals surface area contributed by atoms with Crippen molar-refractivity contribution in [3.8, 4) is 22.3 Å². The van der Waals surface area contributed by atoms with Crippen molar-refractivity contribution in [1.82, 2.24) is 0 Å². The predicted octanol–water partition coefficient (Wildman–Crippen LogP) is 8.48. The van der Waals surface area contributed by atoms with Gasteiger partial charge < -0.3 is 0 Å². The van der Waals surface area contributed by atoms with Crippen molar-refractivity contribution in [2.75, 3.05) is 0 Å². The van der Waals surface area contributed by atoms with E-state index in [1.807, 2.05) is 0 Å². The Kier molecular flexibility index (Phi) is 3.89. The summed E-state index contributed by atoms with van der Waals surface area (Å²) in [4.78, 5) is 0. The van der Waals surface area contributed by atoms with Crippen LogP contribution < -0.4 is 0 Å².